The van der Waals surface area contributed by atoms with E-state index in [9.17, 15) is 24.0 Å². The Bertz CT molecular complexity index is 1950. The SMILES string of the molecule is CCOC(=O)c1ccc(N2C(=O)[C@H]3[C@H](c4ccc(OC)c(OC)c4)c4sc(=O)n(CC(=O)Nc5ccccc5C)c4S[C@H]3C2=O)cc1. The van der Waals surface area contributed by atoms with E-state index in [4.69, 9.17) is 14.2 Å². The zero-order valence-electron chi connectivity index (χ0n) is 26.0. The largest absolute Gasteiger partial charge is 0.493 e. The zero-order chi connectivity index (χ0) is 33.4. The fourth-order valence-corrected chi connectivity index (χ4v) is 8.70. The van der Waals surface area contributed by atoms with Crippen LogP contribution in [0.15, 0.2) is 76.6 Å². The van der Waals surface area contributed by atoms with Gasteiger partial charge in [0.2, 0.25) is 17.7 Å². The van der Waals surface area contributed by atoms with Gasteiger partial charge in [0.15, 0.2) is 11.5 Å². The number of fused-ring (bicyclic) bond motifs is 2. The summed E-state index contributed by atoms with van der Waals surface area (Å²) in [6.45, 7) is 3.52. The molecule has 0 unspecified atom stereocenters. The number of esters is 1. The van der Waals surface area contributed by atoms with Crippen LogP contribution in [0.4, 0.5) is 11.4 Å². The number of anilines is 2. The standard InChI is InChI=1S/C34H31N3O8S2/c1-5-45-33(41)19-10-13-21(14-11-19)37-30(39)27-26(20-12-15-23(43-3)24(16-20)44-4)29-32(46-28(27)31(37)40)36(34(42)47-29)17-25(38)35-22-9-7-6-8-18(22)2/h6-16,26-28H,5,17H2,1-4H3,(H,35,38)/t26-,27-,28+/m0/s1. The molecule has 11 nitrogen and oxygen atoms in total. The summed E-state index contributed by atoms with van der Waals surface area (Å²) >= 11 is 2.07. The molecule has 0 bridgehead atoms. The molecular weight excluding hydrogens is 643 g/mol. The lowest BCUT2D eigenvalue weighted by Crippen LogP contribution is -2.33. The molecule has 3 atom stereocenters. The van der Waals surface area contributed by atoms with Crippen LogP contribution in [-0.4, -0.2) is 54.3 Å². The van der Waals surface area contributed by atoms with E-state index in [1.54, 1.807) is 31.2 Å². The van der Waals surface area contributed by atoms with E-state index >= 15 is 0 Å². The molecule has 3 amide bonds. The van der Waals surface area contributed by atoms with E-state index in [-0.39, 0.29) is 18.0 Å². The summed E-state index contributed by atoms with van der Waals surface area (Å²) in [6.07, 6.45) is 0. The van der Waals surface area contributed by atoms with Gasteiger partial charge in [-0.05, 0) is 67.4 Å². The van der Waals surface area contributed by atoms with Gasteiger partial charge in [0.1, 0.15) is 11.8 Å². The first kappa shape index (κ1) is 32.1. The first-order chi connectivity index (χ1) is 22.7. The van der Waals surface area contributed by atoms with E-state index in [1.807, 2.05) is 25.1 Å². The molecule has 0 spiro atoms. The summed E-state index contributed by atoms with van der Waals surface area (Å²) in [5.41, 5.74) is 2.76. The minimum absolute atomic E-state index is 0.213. The van der Waals surface area contributed by atoms with Gasteiger partial charge in [0.05, 0.1) is 43.0 Å². The number of imide groups is 1. The van der Waals surface area contributed by atoms with Gasteiger partial charge >= 0.3 is 10.8 Å². The second-order valence-electron chi connectivity index (χ2n) is 10.9. The molecule has 0 aliphatic carbocycles. The Morgan fingerprint density at radius 1 is 0.915 bits per heavy atom. The Labute approximate surface area is 278 Å². The maximum absolute atomic E-state index is 14.2. The van der Waals surface area contributed by atoms with Gasteiger partial charge < -0.3 is 19.5 Å². The van der Waals surface area contributed by atoms with Crippen LogP contribution in [0, 0.1) is 12.8 Å². The van der Waals surface area contributed by atoms with Crippen LogP contribution in [0.3, 0.4) is 0 Å². The highest BCUT2D eigenvalue weighted by molar-refractivity contribution is 8.00. The summed E-state index contributed by atoms with van der Waals surface area (Å²) in [5.74, 6) is -2.46. The van der Waals surface area contributed by atoms with Gasteiger partial charge in [-0.2, -0.15) is 0 Å². The third kappa shape index (κ3) is 5.80. The second kappa shape index (κ2) is 13.1. The maximum Gasteiger partial charge on any atom is 0.338 e. The summed E-state index contributed by atoms with van der Waals surface area (Å²) in [5, 5.41) is 2.44. The highest BCUT2D eigenvalue weighted by Crippen LogP contribution is 2.54. The Morgan fingerprint density at radius 3 is 2.32 bits per heavy atom. The molecule has 3 aromatic carbocycles. The van der Waals surface area contributed by atoms with Crippen molar-refractivity contribution in [2.75, 3.05) is 31.0 Å². The van der Waals surface area contributed by atoms with E-state index in [1.165, 1.54) is 43.1 Å². The van der Waals surface area contributed by atoms with Crippen molar-refractivity contribution in [3.8, 4) is 11.5 Å². The number of para-hydroxylation sites is 1. The zero-order valence-corrected chi connectivity index (χ0v) is 27.6. The van der Waals surface area contributed by atoms with Crippen LogP contribution in [0.25, 0.3) is 0 Å². The predicted octanol–water partition coefficient (Wildman–Crippen LogP) is 4.85. The summed E-state index contributed by atoms with van der Waals surface area (Å²) in [4.78, 5) is 68.6. The number of amides is 3. The minimum atomic E-state index is -0.891. The van der Waals surface area contributed by atoms with Crippen molar-refractivity contribution in [1.29, 1.82) is 0 Å². The van der Waals surface area contributed by atoms with Crippen LogP contribution in [-0.2, 0) is 25.7 Å². The van der Waals surface area contributed by atoms with Crippen molar-refractivity contribution in [3.05, 3.63) is 98.0 Å². The number of nitrogens with one attached hydrogen (secondary N) is 1. The van der Waals surface area contributed by atoms with E-state index in [0.29, 0.717) is 43.9 Å². The van der Waals surface area contributed by atoms with Gasteiger partial charge in [-0.15, -0.1) is 0 Å². The van der Waals surface area contributed by atoms with Gasteiger partial charge in [-0.25, -0.2) is 9.69 Å². The number of thioether (sulfide) groups is 1. The van der Waals surface area contributed by atoms with Gasteiger partial charge in [0, 0.05) is 16.5 Å². The van der Waals surface area contributed by atoms with Crippen LogP contribution in [0.5, 0.6) is 11.5 Å². The molecule has 0 saturated carbocycles. The Balaban J connectivity index is 1.41. The van der Waals surface area contributed by atoms with Crippen molar-refractivity contribution in [1.82, 2.24) is 4.57 Å². The first-order valence-corrected chi connectivity index (χ1v) is 16.5. The smallest absolute Gasteiger partial charge is 0.338 e. The van der Waals surface area contributed by atoms with Gasteiger partial charge in [0.25, 0.3) is 0 Å². The maximum atomic E-state index is 14.2. The van der Waals surface area contributed by atoms with Crippen LogP contribution >= 0.6 is 23.1 Å². The van der Waals surface area contributed by atoms with Gasteiger partial charge in [-0.3, -0.25) is 23.7 Å². The van der Waals surface area contributed by atoms with E-state index in [0.717, 1.165) is 33.6 Å². The Hall–Kier alpha value is -4.88. The normalized spacial score (nSPS) is 18.4. The van der Waals surface area contributed by atoms with Crippen molar-refractivity contribution < 1.29 is 33.4 Å². The number of aryl methyl sites for hydroxylation is 1. The van der Waals surface area contributed by atoms with E-state index < -0.39 is 40.8 Å². The third-order valence-electron chi connectivity index (χ3n) is 8.17. The van der Waals surface area contributed by atoms with Crippen LogP contribution in [0.2, 0.25) is 0 Å². The van der Waals surface area contributed by atoms with Gasteiger partial charge in [-0.1, -0.05) is 47.4 Å². The number of rotatable bonds is 9. The Morgan fingerprint density at radius 2 is 1.64 bits per heavy atom. The minimum Gasteiger partial charge on any atom is -0.493 e. The summed E-state index contributed by atoms with van der Waals surface area (Å²) in [6, 6.07) is 18.7. The highest BCUT2D eigenvalue weighted by Gasteiger charge is 2.57. The molecule has 1 fully saturated rings. The van der Waals surface area contributed by atoms with Crippen LogP contribution < -0.4 is 24.6 Å². The quantitative estimate of drug-likeness (QED) is 0.196. The number of hydrogen-bond acceptors (Lipinski definition) is 10. The molecule has 0 radical (unpaired) electrons. The summed E-state index contributed by atoms with van der Waals surface area (Å²) < 4.78 is 17.4. The molecule has 6 rings (SSSR count). The predicted molar refractivity (Wildman–Crippen MR) is 178 cm³/mol. The number of hydrogen-bond donors (Lipinski definition) is 1. The number of carbonyl (C=O) groups excluding carboxylic acids is 4. The lowest BCUT2D eigenvalue weighted by atomic mass is 9.83. The first-order valence-electron chi connectivity index (χ1n) is 14.8. The lowest BCUT2D eigenvalue weighted by Gasteiger charge is -2.31. The lowest BCUT2D eigenvalue weighted by molar-refractivity contribution is -0.122. The molecular formula is C34H31N3O8S2. The molecule has 3 heterocycles. The highest BCUT2D eigenvalue weighted by atomic mass is 32.2. The Kier molecular flexibility index (Phi) is 8.93. The average Bonchev–Trinajstić information content (AvgIpc) is 3.51. The number of thiazole rings is 1. The third-order valence-corrected chi connectivity index (χ3v) is 10.8. The molecule has 47 heavy (non-hydrogen) atoms. The molecule has 2 aliphatic rings. The average molecular weight is 674 g/mol. The van der Waals surface area contributed by atoms with E-state index in [2.05, 4.69) is 5.32 Å². The summed E-state index contributed by atoms with van der Waals surface area (Å²) in [7, 11) is 3.02. The fraction of sp³-hybridized carbons (Fsp3) is 0.265. The van der Waals surface area contributed by atoms with Crippen molar-refractivity contribution in [3.63, 3.8) is 0 Å². The van der Waals surface area contributed by atoms with Crippen LogP contribution in [0.1, 0.15) is 39.2 Å². The van der Waals surface area contributed by atoms with Crippen molar-refractivity contribution >= 4 is 58.2 Å². The number of aromatic nitrogens is 1. The molecule has 2 aliphatic heterocycles. The molecule has 1 N–H and O–H groups in total. The fourth-order valence-electron chi connectivity index (χ4n) is 5.92. The number of carbonyl (C=O) groups is 4. The topological polar surface area (TPSA) is 133 Å². The molecule has 4 aromatic rings. The number of ether oxygens (including phenoxy) is 3. The molecule has 1 aromatic heterocycles. The number of nitrogens with zero attached hydrogens (tertiary/aromatic N) is 2. The molecule has 13 heteroatoms. The van der Waals surface area contributed by atoms with Crippen molar-refractivity contribution in [2.24, 2.45) is 5.92 Å². The number of benzene rings is 3. The number of methoxy groups -OCH3 is 2. The second-order valence-corrected chi connectivity index (χ2v) is 13.0. The molecule has 1 saturated heterocycles. The monoisotopic (exact) mass is 673 g/mol. The molecule has 242 valence electrons. The van der Waals surface area contributed by atoms with Crippen molar-refractivity contribution in [2.45, 2.75) is 36.6 Å².